The number of hydrogen-bond acceptors (Lipinski definition) is 5. The fourth-order valence-electron chi connectivity index (χ4n) is 4.40. The number of benzene rings is 4. The molecule has 0 radical (unpaired) electrons. The number of nitrogens with one attached hydrogen (secondary N) is 5. The van der Waals surface area contributed by atoms with Gasteiger partial charge in [-0.1, -0.05) is 97.1 Å². The molecule has 5 N–H and O–H groups in total. The third kappa shape index (κ3) is 9.65. The Hall–Kier alpha value is -5.28. The van der Waals surface area contributed by atoms with Crippen molar-refractivity contribution in [3.8, 4) is 0 Å². The maximum atomic E-state index is 13.3. The van der Waals surface area contributed by atoms with Gasteiger partial charge in [-0.2, -0.15) is 0 Å². The van der Waals surface area contributed by atoms with Gasteiger partial charge in [0.05, 0.1) is 6.17 Å². The van der Waals surface area contributed by atoms with Crippen molar-refractivity contribution in [1.82, 2.24) is 26.8 Å². The standard InChI is InChI=1S/C34H35N5O4/c1-24(35-33(42)29(22-25-14-6-2-7-15-25)36-31(40)27-18-10-4-11-19-27)38-39-34(43)30(23-26-16-8-3-9-17-26)37-32(41)28-20-12-5-13-21-28/h2-21,24,29-30,38H,22-23H2,1H3,(H,35,42)(H,36,40)(H,37,41)(H,39,43)/t24?,29-,30-/m0/s1. The number of hydrazine groups is 1. The molecule has 1 unspecified atom stereocenters. The van der Waals surface area contributed by atoms with E-state index in [4.69, 9.17) is 0 Å². The molecule has 0 aliphatic heterocycles. The van der Waals surface area contributed by atoms with Gasteiger partial charge in [0.2, 0.25) is 5.91 Å². The average Bonchev–Trinajstić information content (AvgIpc) is 3.04. The minimum atomic E-state index is -0.888. The molecule has 0 heterocycles. The van der Waals surface area contributed by atoms with Gasteiger partial charge >= 0.3 is 0 Å². The van der Waals surface area contributed by atoms with E-state index in [1.54, 1.807) is 55.5 Å². The van der Waals surface area contributed by atoms with Crippen molar-refractivity contribution in [2.75, 3.05) is 0 Å². The highest BCUT2D eigenvalue weighted by Gasteiger charge is 2.25. The number of carbonyl (C=O) groups is 4. The molecule has 0 saturated carbocycles. The summed E-state index contributed by atoms with van der Waals surface area (Å²) in [5.41, 5.74) is 8.04. The molecule has 9 heteroatoms. The van der Waals surface area contributed by atoms with Crippen LogP contribution in [0.15, 0.2) is 121 Å². The van der Waals surface area contributed by atoms with Crippen LogP contribution in [-0.4, -0.2) is 41.9 Å². The van der Waals surface area contributed by atoms with E-state index >= 15 is 0 Å². The first-order chi connectivity index (χ1) is 20.9. The van der Waals surface area contributed by atoms with E-state index in [1.165, 1.54) is 0 Å². The van der Waals surface area contributed by atoms with Crippen LogP contribution in [0.2, 0.25) is 0 Å². The van der Waals surface area contributed by atoms with Crippen LogP contribution in [0.25, 0.3) is 0 Å². The molecule has 0 aliphatic carbocycles. The molecule has 4 aromatic rings. The first-order valence-electron chi connectivity index (χ1n) is 14.0. The molecule has 0 saturated heterocycles. The Kier molecular flexibility index (Phi) is 11.2. The number of amides is 4. The SMILES string of the molecule is CC(NNC(=O)[C@H](Cc1ccccc1)NC(=O)c1ccccc1)NC(=O)[C@H](Cc1ccccc1)NC(=O)c1ccccc1. The van der Waals surface area contributed by atoms with Crippen LogP contribution in [0.3, 0.4) is 0 Å². The van der Waals surface area contributed by atoms with E-state index in [2.05, 4.69) is 26.8 Å². The van der Waals surface area contributed by atoms with E-state index < -0.39 is 30.1 Å². The molecule has 4 aromatic carbocycles. The number of rotatable bonds is 13. The normalized spacial score (nSPS) is 12.7. The summed E-state index contributed by atoms with van der Waals surface area (Å²) >= 11 is 0. The van der Waals surface area contributed by atoms with Crippen molar-refractivity contribution in [2.24, 2.45) is 0 Å². The predicted octanol–water partition coefficient (Wildman–Crippen LogP) is 3.15. The Morgan fingerprint density at radius 2 is 0.884 bits per heavy atom. The van der Waals surface area contributed by atoms with Crippen LogP contribution in [-0.2, 0) is 22.4 Å². The molecule has 3 atom stereocenters. The minimum absolute atomic E-state index is 0.262. The Morgan fingerprint density at radius 1 is 0.512 bits per heavy atom. The topological polar surface area (TPSA) is 128 Å². The first kappa shape index (κ1) is 30.7. The maximum Gasteiger partial charge on any atom is 0.257 e. The third-order valence-corrected chi connectivity index (χ3v) is 6.65. The van der Waals surface area contributed by atoms with Gasteiger partial charge in [-0.15, -0.1) is 0 Å². The molecule has 0 aliphatic rings. The van der Waals surface area contributed by atoms with Gasteiger partial charge in [-0.25, -0.2) is 5.43 Å². The van der Waals surface area contributed by atoms with Crippen LogP contribution in [0.5, 0.6) is 0 Å². The van der Waals surface area contributed by atoms with Crippen LogP contribution in [0.1, 0.15) is 38.8 Å². The lowest BCUT2D eigenvalue weighted by atomic mass is 10.0. The molecular weight excluding hydrogens is 542 g/mol. The summed E-state index contributed by atoms with van der Waals surface area (Å²) in [5, 5.41) is 8.42. The molecule has 4 rings (SSSR count). The van der Waals surface area contributed by atoms with Crippen molar-refractivity contribution in [2.45, 2.75) is 38.0 Å². The summed E-state index contributed by atoms with van der Waals surface area (Å²) < 4.78 is 0. The van der Waals surface area contributed by atoms with Crippen molar-refractivity contribution >= 4 is 23.6 Å². The van der Waals surface area contributed by atoms with E-state index in [0.29, 0.717) is 11.1 Å². The number of carbonyl (C=O) groups excluding carboxylic acids is 4. The third-order valence-electron chi connectivity index (χ3n) is 6.65. The Bertz CT molecular complexity index is 1480. The lowest BCUT2D eigenvalue weighted by Crippen LogP contribution is -2.59. The van der Waals surface area contributed by atoms with Gasteiger partial charge < -0.3 is 16.0 Å². The van der Waals surface area contributed by atoms with Crippen LogP contribution in [0, 0.1) is 0 Å². The molecule has 0 aromatic heterocycles. The highest BCUT2D eigenvalue weighted by atomic mass is 16.2. The quantitative estimate of drug-likeness (QED) is 0.123. The summed E-state index contributed by atoms with van der Waals surface area (Å²) in [6, 6.07) is 34.3. The highest BCUT2D eigenvalue weighted by molar-refractivity contribution is 5.98. The van der Waals surface area contributed by atoms with Crippen LogP contribution in [0.4, 0.5) is 0 Å². The molecule has 0 fully saturated rings. The molecule has 220 valence electrons. The predicted molar refractivity (Wildman–Crippen MR) is 165 cm³/mol. The van der Waals surface area contributed by atoms with Gasteiger partial charge in [0.25, 0.3) is 17.7 Å². The van der Waals surface area contributed by atoms with Crippen molar-refractivity contribution in [3.63, 3.8) is 0 Å². The van der Waals surface area contributed by atoms with Crippen molar-refractivity contribution in [1.29, 1.82) is 0 Å². The second-order valence-corrected chi connectivity index (χ2v) is 10.0. The molecule has 0 bridgehead atoms. The largest absolute Gasteiger partial charge is 0.340 e. The molecule has 43 heavy (non-hydrogen) atoms. The molecular formula is C34H35N5O4. The lowest BCUT2D eigenvalue weighted by Gasteiger charge is -2.24. The summed E-state index contributed by atoms with van der Waals surface area (Å²) in [6.45, 7) is 1.66. The zero-order valence-corrected chi connectivity index (χ0v) is 23.8. The Balaban J connectivity index is 1.38. The van der Waals surface area contributed by atoms with E-state index in [9.17, 15) is 19.2 Å². The second kappa shape index (κ2) is 15.6. The number of hydrogen-bond donors (Lipinski definition) is 5. The monoisotopic (exact) mass is 577 g/mol. The average molecular weight is 578 g/mol. The summed E-state index contributed by atoms with van der Waals surface area (Å²) in [7, 11) is 0. The molecule has 9 nitrogen and oxygen atoms in total. The van der Waals surface area contributed by atoms with Crippen LogP contribution < -0.4 is 26.8 Å². The van der Waals surface area contributed by atoms with E-state index in [-0.39, 0.29) is 24.7 Å². The summed E-state index contributed by atoms with van der Waals surface area (Å²) in [6.07, 6.45) is -0.168. The molecule has 4 amide bonds. The first-order valence-corrected chi connectivity index (χ1v) is 14.0. The highest BCUT2D eigenvalue weighted by Crippen LogP contribution is 2.08. The van der Waals surface area contributed by atoms with E-state index in [0.717, 1.165) is 11.1 Å². The fourth-order valence-corrected chi connectivity index (χ4v) is 4.40. The van der Waals surface area contributed by atoms with E-state index in [1.807, 2.05) is 72.8 Å². The summed E-state index contributed by atoms with van der Waals surface area (Å²) in [4.78, 5) is 52.2. The van der Waals surface area contributed by atoms with Crippen molar-refractivity contribution in [3.05, 3.63) is 144 Å². The lowest BCUT2D eigenvalue weighted by molar-refractivity contribution is -0.126. The Labute approximate surface area is 251 Å². The van der Waals surface area contributed by atoms with Gasteiger partial charge in [0, 0.05) is 24.0 Å². The van der Waals surface area contributed by atoms with Gasteiger partial charge in [0.1, 0.15) is 12.1 Å². The Morgan fingerprint density at radius 3 is 1.30 bits per heavy atom. The smallest absolute Gasteiger partial charge is 0.257 e. The van der Waals surface area contributed by atoms with Gasteiger partial charge in [-0.05, 0) is 42.3 Å². The zero-order chi connectivity index (χ0) is 30.4. The second-order valence-electron chi connectivity index (χ2n) is 10.0. The van der Waals surface area contributed by atoms with Gasteiger partial charge in [-0.3, -0.25) is 24.6 Å². The zero-order valence-electron chi connectivity index (χ0n) is 23.8. The van der Waals surface area contributed by atoms with Crippen molar-refractivity contribution < 1.29 is 19.2 Å². The van der Waals surface area contributed by atoms with Gasteiger partial charge in [0.15, 0.2) is 0 Å². The molecule has 0 spiro atoms. The fraction of sp³-hybridized carbons (Fsp3) is 0.176. The minimum Gasteiger partial charge on any atom is -0.340 e. The summed E-state index contributed by atoms with van der Waals surface area (Å²) in [5.74, 6) is -1.66. The van der Waals surface area contributed by atoms with Crippen LogP contribution >= 0.6 is 0 Å². The maximum absolute atomic E-state index is 13.3.